The molecule has 1 aliphatic heterocycles. The van der Waals surface area contributed by atoms with Gasteiger partial charge in [-0.05, 0) is 75.6 Å². The Hall–Kier alpha value is -2.99. The van der Waals surface area contributed by atoms with Gasteiger partial charge in [-0.25, -0.2) is 4.39 Å². The average Bonchev–Trinajstić information content (AvgIpc) is 3.10. The predicted octanol–water partition coefficient (Wildman–Crippen LogP) is 5.85. The maximum absolute atomic E-state index is 13.4. The van der Waals surface area contributed by atoms with Crippen LogP contribution in [0.1, 0.15) is 68.7 Å². The number of aliphatic hydroxyl groups excluding tert-OH is 1. The van der Waals surface area contributed by atoms with Gasteiger partial charge in [-0.15, -0.1) is 0 Å². The molecule has 1 atom stereocenters. The normalized spacial score (nSPS) is 17.5. The molecule has 0 saturated carbocycles. The summed E-state index contributed by atoms with van der Waals surface area (Å²) in [5, 5.41) is 11.1. The molecule has 6 heteroatoms. The number of hydrogen-bond acceptors (Lipinski definition) is 4. The van der Waals surface area contributed by atoms with E-state index in [-0.39, 0.29) is 11.3 Å². The fourth-order valence-electron chi connectivity index (χ4n) is 4.53. The molecule has 188 valence electrons. The first-order valence-electron chi connectivity index (χ1n) is 12.7. The lowest BCUT2D eigenvalue weighted by atomic mass is 9.94. The van der Waals surface area contributed by atoms with Gasteiger partial charge in [0.05, 0.1) is 11.6 Å². The van der Waals surface area contributed by atoms with Crippen LogP contribution < -0.4 is 0 Å². The van der Waals surface area contributed by atoms with Gasteiger partial charge in [0.2, 0.25) is 0 Å². The zero-order chi connectivity index (χ0) is 25.4. The summed E-state index contributed by atoms with van der Waals surface area (Å²) in [4.78, 5) is 30.3. The third kappa shape index (κ3) is 6.57. The van der Waals surface area contributed by atoms with Crippen LogP contribution in [-0.4, -0.2) is 52.8 Å². The van der Waals surface area contributed by atoms with Crippen molar-refractivity contribution in [2.75, 3.05) is 26.2 Å². The molecule has 1 heterocycles. The molecule has 35 heavy (non-hydrogen) atoms. The first-order chi connectivity index (χ1) is 16.9. The van der Waals surface area contributed by atoms with Gasteiger partial charge >= 0.3 is 0 Å². The highest BCUT2D eigenvalue weighted by Gasteiger charge is 2.45. The Balaban J connectivity index is 1.90. The number of likely N-dealkylation sites (tertiary alicyclic amines) is 1. The third-order valence-corrected chi connectivity index (χ3v) is 6.58. The minimum absolute atomic E-state index is 0.0549. The van der Waals surface area contributed by atoms with Crippen molar-refractivity contribution < 1.29 is 19.1 Å². The van der Waals surface area contributed by atoms with Gasteiger partial charge in [-0.2, -0.15) is 0 Å². The number of benzene rings is 2. The SMILES string of the molecule is CCCCN(CCCC)CCCN1C(=O)C(=O)/C(=C(\O)c2ccc(F)cc2)C1c1ccc(C)cc1. The van der Waals surface area contributed by atoms with Crippen molar-refractivity contribution in [3.8, 4) is 0 Å². The van der Waals surface area contributed by atoms with Crippen LogP contribution in [0.2, 0.25) is 0 Å². The van der Waals surface area contributed by atoms with Crippen LogP contribution in [0.15, 0.2) is 54.1 Å². The van der Waals surface area contributed by atoms with E-state index in [1.54, 1.807) is 4.90 Å². The van der Waals surface area contributed by atoms with Crippen LogP contribution in [-0.2, 0) is 9.59 Å². The molecule has 0 radical (unpaired) electrons. The second-order valence-electron chi connectivity index (χ2n) is 9.31. The van der Waals surface area contributed by atoms with Crippen molar-refractivity contribution in [3.05, 3.63) is 76.6 Å². The smallest absolute Gasteiger partial charge is 0.295 e. The quantitative estimate of drug-likeness (QED) is 0.235. The third-order valence-electron chi connectivity index (χ3n) is 6.58. The molecule has 1 amide bonds. The van der Waals surface area contributed by atoms with Crippen LogP contribution in [0.4, 0.5) is 4.39 Å². The maximum Gasteiger partial charge on any atom is 0.295 e. The maximum atomic E-state index is 13.4. The highest BCUT2D eigenvalue weighted by atomic mass is 19.1. The lowest BCUT2D eigenvalue weighted by Crippen LogP contribution is -2.34. The van der Waals surface area contributed by atoms with Crippen molar-refractivity contribution >= 4 is 17.4 Å². The second kappa shape index (κ2) is 12.6. The molecule has 0 aliphatic carbocycles. The Morgan fingerprint density at radius 3 is 2.06 bits per heavy atom. The van der Waals surface area contributed by atoms with E-state index in [2.05, 4.69) is 18.7 Å². The number of ketones is 1. The number of aliphatic hydroxyl groups is 1. The van der Waals surface area contributed by atoms with Crippen molar-refractivity contribution in [1.29, 1.82) is 0 Å². The number of hydrogen-bond donors (Lipinski definition) is 1. The van der Waals surface area contributed by atoms with E-state index in [0.29, 0.717) is 12.1 Å². The van der Waals surface area contributed by atoms with Crippen LogP contribution in [0.25, 0.3) is 5.76 Å². The van der Waals surface area contributed by atoms with E-state index in [9.17, 15) is 19.1 Å². The Morgan fingerprint density at radius 1 is 0.914 bits per heavy atom. The molecule has 1 fully saturated rings. The summed E-state index contributed by atoms with van der Waals surface area (Å²) < 4.78 is 13.4. The number of aryl methyl sites for hydroxylation is 1. The minimum Gasteiger partial charge on any atom is -0.507 e. The molecule has 0 spiro atoms. The molecule has 0 bridgehead atoms. The summed E-state index contributed by atoms with van der Waals surface area (Å²) in [6, 6.07) is 12.3. The van der Waals surface area contributed by atoms with Gasteiger partial charge < -0.3 is 14.9 Å². The van der Waals surface area contributed by atoms with Gasteiger partial charge in [-0.3, -0.25) is 9.59 Å². The molecule has 1 N–H and O–H groups in total. The monoisotopic (exact) mass is 480 g/mol. The van der Waals surface area contributed by atoms with Crippen LogP contribution in [0.5, 0.6) is 0 Å². The van der Waals surface area contributed by atoms with E-state index < -0.39 is 23.5 Å². The molecule has 2 aromatic carbocycles. The Morgan fingerprint density at radius 2 is 1.49 bits per heavy atom. The van der Waals surface area contributed by atoms with Gasteiger partial charge in [0.25, 0.3) is 11.7 Å². The van der Waals surface area contributed by atoms with E-state index in [4.69, 9.17) is 0 Å². The van der Waals surface area contributed by atoms with E-state index in [0.717, 1.165) is 62.9 Å². The zero-order valence-corrected chi connectivity index (χ0v) is 21.1. The standard InChI is InChI=1S/C29H37FN2O3/c1-4-6-17-31(18-7-5-2)19-8-20-32-26(22-11-9-21(3)10-12-22)25(28(34)29(32)35)27(33)23-13-15-24(30)16-14-23/h9-16,26,33H,4-8,17-20H2,1-3H3/b27-25-. The fourth-order valence-corrected chi connectivity index (χ4v) is 4.53. The number of Topliss-reactive ketones (excluding diaryl/α,β-unsaturated/α-hetero) is 1. The van der Waals surface area contributed by atoms with Gasteiger partial charge in [0, 0.05) is 12.1 Å². The summed E-state index contributed by atoms with van der Waals surface area (Å²) >= 11 is 0. The first kappa shape index (κ1) is 26.6. The Kier molecular flexibility index (Phi) is 9.61. The van der Waals surface area contributed by atoms with Gasteiger partial charge in [0.1, 0.15) is 11.6 Å². The number of unbranched alkanes of at least 4 members (excludes halogenated alkanes) is 2. The molecule has 1 unspecified atom stereocenters. The van der Waals surface area contributed by atoms with Crippen molar-refractivity contribution in [2.45, 2.75) is 58.9 Å². The lowest BCUT2D eigenvalue weighted by molar-refractivity contribution is -0.140. The Labute approximate surface area is 208 Å². The van der Waals surface area contributed by atoms with E-state index >= 15 is 0 Å². The summed E-state index contributed by atoms with van der Waals surface area (Å²) in [5.41, 5.74) is 2.20. The summed E-state index contributed by atoms with van der Waals surface area (Å²) in [6.07, 6.45) is 5.27. The molecule has 1 aliphatic rings. The van der Waals surface area contributed by atoms with Gasteiger partial charge in [-0.1, -0.05) is 56.5 Å². The first-order valence-corrected chi connectivity index (χ1v) is 12.7. The number of rotatable bonds is 12. The molecule has 1 saturated heterocycles. The summed E-state index contributed by atoms with van der Waals surface area (Å²) in [7, 11) is 0. The fraction of sp³-hybridized carbons (Fsp3) is 0.448. The minimum atomic E-state index is -0.703. The highest BCUT2D eigenvalue weighted by Crippen LogP contribution is 2.39. The number of amides is 1. The molecule has 5 nitrogen and oxygen atoms in total. The predicted molar refractivity (Wildman–Crippen MR) is 137 cm³/mol. The number of nitrogens with zero attached hydrogens (tertiary/aromatic N) is 2. The van der Waals surface area contributed by atoms with Crippen LogP contribution >= 0.6 is 0 Å². The molecule has 0 aromatic heterocycles. The Bertz CT molecular complexity index is 1020. The van der Waals surface area contributed by atoms with Crippen molar-refractivity contribution in [2.24, 2.45) is 0 Å². The van der Waals surface area contributed by atoms with Crippen LogP contribution in [0.3, 0.4) is 0 Å². The average molecular weight is 481 g/mol. The van der Waals surface area contributed by atoms with Crippen molar-refractivity contribution in [3.63, 3.8) is 0 Å². The zero-order valence-electron chi connectivity index (χ0n) is 21.1. The van der Waals surface area contributed by atoms with Crippen molar-refractivity contribution in [1.82, 2.24) is 9.80 Å². The topological polar surface area (TPSA) is 60.9 Å². The summed E-state index contributed by atoms with van der Waals surface area (Å²) in [5.74, 6) is -2.02. The second-order valence-corrected chi connectivity index (χ2v) is 9.31. The van der Waals surface area contributed by atoms with Gasteiger partial charge in [0.15, 0.2) is 0 Å². The summed E-state index contributed by atoms with van der Waals surface area (Å²) in [6.45, 7) is 9.66. The highest BCUT2D eigenvalue weighted by molar-refractivity contribution is 6.46. The number of carbonyl (C=O) groups is 2. The molecule has 2 aromatic rings. The molecule has 3 rings (SSSR count). The molecular weight excluding hydrogens is 443 g/mol. The van der Waals surface area contributed by atoms with E-state index in [1.165, 1.54) is 24.3 Å². The van der Waals surface area contributed by atoms with E-state index in [1.807, 2.05) is 31.2 Å². The van der Waals surface area contributed by atoms with Crippen LogP contribution in [0, 0.1) is 12.7 Å². The number of carbonyl (C=O) groups excluding carboxylic acids is 2. The number of halogens is 1. The molecular formula is C29H37FN2O3. The lowest BCUT2D eigenvalue weighted by Gasteiger charge is -2.27. The largest absolute Gasteiger partial charge is 0.507 e.